The number of hydrogen-bond acceptors (Lipinski definition) is 4. The van der Waals surface area contributed by atoms with Gasteiger partial charge in [-0.1, -0.05) is 11.8 Å². The van der Waals surface area contributed by atoms with Gasteiger partial charge in [0.25, 0.3) is 0 Å². The maximum Gasteiger partial charge on any atom is 0.226 e. The molecular formula is C13H20N2O4S. The van der Waals surface area contributed by atoms with Crippen LogP contribution in [-0.4, -0.2) is 57.2 Å². The number of hydrogen-bond donors (Lipinski definition) is 1. The summed E-state index contributed by atoms with van der Waals surface area (Å²) in [5.41, 5.74) is 0. The third kappa shape index (κ3) is 4.20. The van der Waals surface area contributed by atoms with E-state index in [1.165, 1.54) is 4.31 Å². The molecule has 1 amide bonds. The SMILES string of the molecule is CS(=O)(=O)N1CC(C(=O)NCC#CC2CCCCO2)C1. The first kappa shape index (κ1) is 15.3. The molecule has 112 valence electrons. The van der Waals surface area contributed by atoms with Crippen molar-refractivity contribution in [2.45, 2.75) is 25.4 Å². The van der Waals surface area contributed by atoms with E-state index in [1.807, 2.05) is 0 Å². The lowest BCUT2D eigenvalue weighted by atomic mass is 10.0. The van der Waals surface area contributed by atoms with Crippen molar-refractivity contribution in [2.24, 2.45) is 5.92 Å². The minimum atomic E-state index is -3.16. The Bertz CT molecular complexity index is 508. The lowest BCUT2D eigenvalue weighted by Gasteiger charge is -2.35. The number of nitrogens with zero attached hydrogens (tertiary/aromatic N) is 1. The van der Waals surface area contributed by atoms with Gasteiger partial charge in [-0.15, -0.1) is 0 Å². The number of carbonyl (C=O) groups excluding carboxylic acids is 1. The van der Waals surface area contributed by atoms with Gasteiger partial charge in [0.05, 0.1) is 18.7 Å². The summed E-state index contributed by atoms with van der Waals surface area (Å²) in [6.45, 7) is 1.58. The van der Waals surface area contributed by atoms with Crippen molar-refractivity contribution in [3.63, 3.8) is 0 Å². The maximum atomic E-state index is 11.7. The van der Waals surface area contributed by atoms with Crippen molar-refractivity contribution in [2.75, 3.05) is 32.5 Å². The van der Waals surface area contributed by atoms with Crippen molar-refractivity contribution in [3.8, 4) is 11.8 Å². The van der Waals surface area contributed by atoms with Crippen LogP contribution in [0.25, 0.3) is 0 Å². The third-order valence-electron chi connectivity index (χ3n) is 3.48. The van der Waals surface area contributed by atoms with Crippen molar-refractivity contribution in [1.29, 1.82) is 0 Å². The molecule has 0 aromatic heterocycles. The molecule has 2 aliphatic rings. The van der Waals surface area contributed by atoms with Gasteiger partial charge in [0.15, 0.2) is 0 Å². The monoisotopic (exact) mass is 300 g/mol. The summed E-state index contributed by atoms with van der Waals surface area (Å²) in [6, 6.07) is 0. The molecule has 7 heteroatoms. The van der Waals surface area contributed by atoms with Crippen LogP contribution >= 0.6 is 0 Å². The van der Waals surface area contributed by atoms with E-state index in [0.29, 0.717) is 0 Å². The summed E-state index contributed by atoms with van der Waals surface area (Å²) in [5.74, 6) is 5.50. The van der Waals surface area contributed by atoms with Gasteiger partial charge < -0.3 is 10.1 Å². The Hall–Kier alpha value is -1.10. The van der Waals surface area contributed by atoms with Gasteiger partial charge in [-0.25, -0.2) is 12.7 Å². The average Bonchev–Trinajstić information content (AvgIpc) is 2.32. The van der Waals surface area contributed by atoms with E-state index < -0.39 is 10.0 Å². The average molecular weight is 300 g/mol. The number of ether oxygens (including phenoxy) is 1. The highest BCUT2D eigenvalue weighted by atomic mass is 32.2. The fourth-order valence-electron chi connectivity index (χ4n) is 2.17. The van der Waals surface area contributed by atoms with E-state index in [9.17, 15) is 13.2 Å². The Morgan fingerprint density at radius 3 is 2.75 bits per heavy atom. The molecule has 20 heavy (non-hydrogen) atoms. The van der Waals surface area contributed by atoms with E-state index in [0.717, 1.165) is 32.1 Å². The molecule has 2 aliphatic heterocycles. The van der Waals surface area contributed by atoms with Crippen molar-refractivity contribution < 1.29 is 17.9 Å². The molecule has 0 aromatic carbocycles. The van der Waals surface area contributed by atoms with Crippen LogP contribution in [0, 0.1) is 17.8 Å². The predicted octanol–water partition coefficient (Wildman–Crippen LogP) is -0.433. The second-order valence-corrected chi connectivity index (χ2v) is 7.15. The lowest BCUT2D eigenvalue weighted by Crippen LogP contribution is -2.55. The molecular weight excluding hydrogens is 280 g/mol. The zero-order chi connectivity index (χ0) is 14.6. The zero-order valence-corrected chi connectivity index (χ0v) is 12.4. The minimum Gasteiger partial charge on any atom is -0.366 e. The molecule has 0 spiro atoms. The number of carbonyl (C=O) groups is 1. The van der Waals surface area contributed by atoms with Crippen LogP contribution in [0.5, 0.6) is 0 Å². The van der Waals surface area contributed by atoms with Crippen molar-refractivity contribution in [1.82, 2.24) is 9.62 Å². The molecule has 2 saturated heterocycles. The molecule has 0 radical (unpaired) electrons. The van der Waals surface area contributed by atoms with E-state index in [1.54, 1.807) is 0 Å². The van der Waals surface area contributed by atoms with Crippen LogP contribution in [0.2, 0.25) is 0 Å². The summed E-state index contributed by atoms with van der Waals surface area (Å²) in [6.07, 6.45) is 4.32. The molecule has 0 aliphatic carbocycles. The number of amides is 1. The van der Waals surface area contributed by atoms with E-state index >= 15 is 0 Å². The summed E-state index contributed by atoms with van der Waals surface area (Å²) in [5, 5.41) is 2.71. The van der Waals surface area contributed by atoms with E-state index in [2.05, 4.69) is 17.2 Å². The molecule has 1 N–H and O–H groups in total. The minimum absolute atomic E-state index is 0.00918. The molecule has 0 bridgehead atoms. The lowest BCUT2D eigenvalue weighted by molar-refractivity contribution is -0.127. The molecule has 2 heterocycles. The Morgan fingerprint density at radius 2 is 2.15 bits per heavy atom. The second-order valence-electron chi connectivity index (χ2n) is 5.17. The van der Waals surface area contributed by atoms with Crippen molar-refractivity contribution in [3.05, 3.63) is 0 Å². The van der Waals surface area contributed by atoms with Crippen LogP contribution in [0.3, 0.4) is 0 Å². The van der Waals surface area contributed by atoms with Gasteiger partial charge in [-0.2, -0.15) is 0 Å². The first-order chi connectivity index (χ1) is 9.47. The van der Waals surface area contributed by atoms with E-state index in [-0.39, 0.29) is 37.6 Å². The van der Waals surface area contributed by atoms with Gasteiger partial charge in [-0.3, -0.25) is 4.79 Å². The number of nitrogens with one attached hydrogen (secondary N) is 1. The zero-order valence-electron chi connectivity index (χ0n) is 11.6. The molecule has 1 atom stereocenters. The van der Waals surface area contributed by atoms with Gasteiger partial charge in [0.2, 0.25) is 15.9 Å². The van der Waals surface area contributed by atoms with Crippen LogP contribution in [0.1, 0.15) is 19.3 Å². The Morgan fingerprint density at radius 1 is 1.40 bits per heavy atom. The summed E-state index contributed by atoms with van der Waals surface area (Å²) in [7, 11) is -3.16. The highest BCUT2D eigenvalue weighted by molar-refractivity contribution is 7.88. The predicted molar refractivity (Wildman–Crippen MR) is 74.3 cm³/mol. The largest absolute Gasteiger partial charge is 0.366 e. The molecule has 2 fully saturated rings. The number of rotatable bonds is 3. The fraction of sp³-hybridized carbons (Fsp3) is 0.769. The Kier molecular flexibility index (Phi) is 5.02. The number of sulfonamides is 1. The highest BCUT2D eigenvalue weighted by Gasteiger charge is 2.37. The smallest absolute Gasteiger partial charge is 0.226 e. The quantitative estimate of drug-likeness (QED) is 0.718. The molecule has 6 nitrogen and oxygen atoms in total. The summed E-state index contributed by atoms with van der Waals surface area (Å²) in [4.78, 5) is 11.7. The molecule has 2 rings (SSSR count). The normalized spacial score (nSPS) is 24.4. The summed E-state index contributed by atoms with van der Waals surface area (Å²) >= 11 is 0. The third-order valence-corrected chi connectivity index (χ3v) is 4.72. The summed E-state index contributed by atoms with van der Waals surface area (Å²) < 4.78 is 29.1. The van der Waals surface area contributed by atoms with Crippen LogP contribution in [0.15, 0.2) is 0 Å². The highest BCUT2D eigenvalue weighted by Crippen LogP contribution is 2.18. The maximum absolute atomic E-state index is 11.7. The van der Waals surface area contributed by atoms with Gasteiger partial charge in [-0.05, 0) is 19.3 Å². The Labute approximate surface area is 119 Å². The Balaban J connectivity index is 1.65. The molecule has 0 aromatic rings. The first-order valence-corrected chi connectivity index (χ1v) is 8.64. The second kappa shape index (κ2) is 6.57. The molecule has 0 saturated carbocycles. The fourth-order valence-corrected chi connectivity index (χ4v) is 3.07. The van der Waals surface area contributed by atoms with Gasteiger partial charge >= 0.3 is 0 Å². The van der Waals surface area contributed by atoms with Gasteiger partial charge in [0, 0.05) is 19.7 Å². The topological polar surface area (TPSA) is 75.7 Å². The first-order valence-electron chi connectivity index (χ1n) is 6.79. The van der Waals surface area contributed by atoms with Gasteiger partial charge in [0.1, 0.15) is 6.10 Å². The van der Waals surface area contributed by atoms with Crippen LogP contribution in [-0.2, 0) is 19.6 Å². The van der Waals surface area contributed by atoms with Crippen LogP contribution < -0.4 is 5.32 Å². The van der Waals surface area contributed by atoms with E-state index in [4.69, 9.17) is 4.74 Å². The van der Waals surface area contributed by atoms with Crippen molar-refractivity contribution >= 4 is 15.9 Å². The standard InChI is InChI=1S/C13H20N2O4S/c1-20(17,18)15-9-11(10-15)13(16)14-7-4-6-12-5-2-3-8-19-12/h11-12H,2-3,5,7-10H2,1H3,(H,14,16). The van der Waals surface area contributed by atoms with Crippen LogP contribution in [0.4, 0.5) is 0 Å². The molecule has 1 unspecified atom stereocenters.